The Morgan fingerprint density at radius 1 is 0.303 bits per heavy atom. The maximum Gasteiger partial charge on any atom is 0.305 e. The van der Waals surface area contributed by atoms with Crippen LogP contribution in [0.1, 0.15) is 483 Å². The first kappa shape index (κ1) is 87.6. The fraction of sp³-hybridized carbons (Fsp3) is 0.952. The molecule has 6 heteroatoms. The molecule has 0 aromatic heterocycles. The monoisotopic (exact) mass is 1250 g/mol. The lowest BCUT2D eigenvalue weighted by molar-refractivity contribution is -0.143. The predicted octanol–water partition coefficient (Wildman–Crippen LogP) is 27.4. The highest BCUT2D eigenvalue weighted by atomic mass is 16.5. The van der Waals surface area contributed by atoms with Crippen molar-refractivity contribution in [3.8, 4) is 0 Å². The van der Waals surface area contributed by atoms with Crippen molar-refractivity contribution in [2.45, 2.75) is 495 Å². The van der Waals surface area contributed by atoms with E-state index in [1.54, 1.807) is 6.08 Å². The molecule has 0 aliphatic carbocycles. The van der Waals surface area contributed by atoms with Crippen LogP contribution in [0.3, 0.4) is 0 Å². The average molecular weight is 1260 g/mol. The van der Waals surface area contributed by atoms with E-state index in [1.165, 1.54) is 417 Å². The van der Waals surface area contributed by atoms with Crippen molar-refractivity contribution < 1.29 is 24.5 Å². The van der Waals surface area contributed by atoms with Crippen molar-refractivity contribution in [1.29, 1.82) is 0 Å². The zero-order valence-corrected chi connectivity index (χ0v) is 61.0. The van der Waals surface area contributed by atoms with Gasteiger partial charge in [0, 0.05) is 12.8 Å². The van der Waals surface area contributed by atoms with Crippen LogP contribution >= 0.6 is 0 Å². The molecule has 0 radical (unpaired) electrons. The second-order valence-corrected chi connectivity index (χ2v) is 28.8. The van der Waals surface area contributed by atoms with Crippen LogP contribution in [-0.4, -0.2) is 47.4 Å². The maximum absolute atomic E-state index is 12.6. The number of hydrogen-bond donors (Lipinski definition) is 3. The van der Waals surface area contributed by atoms with Gasteiger partial charge in [-0.05, 0) is 32.1 Å². The molecule has 0 bridgehead atoms. The highest BCUT2D eigenvalue weighted by molar-refractivity contribution is 5.76. The van der Waals surface area contributed by atoms with Gasteiger partial charge in [0.15, 0.2) is 0 Å². The Labute approximate surface area is 559 Å². The number of ether oxygens (including phenoxy) is 1. The quantitative estimate of drug-likeness (QED) is 0.0320. The van der Waals surface area contributed by atoms with Gasteiger partial charge in [0.05, 0.1) is 25.4 Å². The lowest BCUT2D eigenvalue weighted by Crippen LogP contribution is -2.45. The highest BCUT2D eigenvalue weighted by Crippen LogP contribution is 2.21. The predicted molar refractivity (Wildman–Crippen MR) is 394 cm³/mol. The van der Waals surface area contributed by atoms with Gasteiger partial charge in [-0.15, -0.1) is 0 Å². The third kappa shape index (κ3) is 75.5. The Balaban J connectivity index is 3.34. The van der Waals surface area contributed by atoms with Crippen LogP contribution in [0.4, 0.5) is 0 Å². The Hall–Kier alpha value is -1.40. The largest absolute Gasteiger partial charge is 0.466 e. The first-order valence-electron chi connectivity index (χ1n) is 41.5. The van der Waals surface area contributed by atoms with Gasteiger partial charge in [-0.25, -0.2) is 0 Å². The van der Waals surface area contributed by atoms with Crippen LogP contribution in [0.25, 0.3) is 0 Å². The van der Waals surface area contributed by atoms with Gasteiger partial charge in [0.1, 0.15) is 0 Å². The molecule has 0 rings (SSSR count). The van der Waals surface area contributed by atoms with E-state index in [0.29, 0.717) is 19.4 Å². The molecule has 0 saturated carbocycles. The van der Waals surface area contributed by atoms with Gasteiger partial charge in [-0.1, -0.05) is 450 Å². The number of hydrogen-bond acceptors (Lipinski definition) is 5. The summed E-state index contributed by atoms with van der Waals surface area (Å²) < 4.78 is 5.50. The van der Waals surface area contributed by atoms with E-state index in [4.69, 9.17) is 4.74 Å². The number of nitrogens with one attached hydrogen (secondary N) is 1. The molecule has 0 aromatic rings. The molecule has 1 amide bonds. The Morgan fingerprint density at radius 2 is 0.517 bits per heavy atom. The van der Waals surface area contributed by atoms with E-state index in [9.17, 15) is 19.8 Å². The first-order chi connectivity index (χ1) is 44.0. The average Bonchev–Trinajstić information content (AvgIpc) is 3.58. The van der Waals surface area contributed by atoms with Crippen molar-refractivity contribution in [2.24, 2.45) is 0 Å². The summed E-state index contributed by atoms with van der Waals surface area (Å²) in [5, 5.41) is 23.3. The number of aliphatic hydroxyl groups excluding tert-OH is 2. The fourth-order valence-electron chi connectivity index (χ4n) is 13.5. The van der Waals surface area contributed by atoms with Crippen molar-refractivity contribution in [2.75, 3.05) is 13.2 Å². The van der Waals surface area contributed by atoms with Crippen LogP contribution in [0.5, 0.6) is 0 Å². The molecule has 0 spiro atoms. The molecule has 6 nitrogen and oxygen atoms in total. The molecule has 0 aliphatic rings. The van der Waals surface area contributed by atoms with E-state index < -0.39 is 12.1 Å². The third-order valence-electron chi connectivity index (χ3n) is 19.8. The van der Waals surface area contributed by atoms with Crippen LogP contribution in [-0.2, 0) is 14.3 Å². The Bertz CT molecular complexity index is 1350. The van der Waals surface area contributed by atoms with E-state index in [1.807, 2.05) is 6.08 Å². The van der Waals surface area contributed by atoms with Crippen LogP contribution in [0.2, 0.25) is 0 Å². The van der Waals surface area contributed by atoms with Gasteiger partial charge in [0.2, 0.25) is 5.91 Å². The van der Waals surface area contributed by atoms with Gasteiger partial charge < -0.3 is 20.3 Å². The Morgan fingerprint density at radius 3 is 0.764 bits per heavy atom. The normalized spacial score (nSPS) is 12.4. The van der Waals surface area contributed by atoms with Crippen molar-refractivity contribution in [3.63, 3.8) is 0 Å². The summed E-state index contributed by atoms with van der Waals surface area (Å²) in [4.78, 5) is 24.6. The van der Waals surface area contributed by atoms with Crippen molar-refractivity contribution >= 4 is 11.9 Å². The molecular formula is C83H163NO5. The standard InChI is InChI=1S/C83H163NO5/c1-3-5-7-9-11-13-15-17-19-20-21-22-23-33-36-39-42-45-48-51-55-59-63-67-71-75-81(86)80(79-85)84-82(87)76-72-68-64-60-56-52-49-46-43-40-37-34-31-29-27-25-24-26-28-30-32-35-38-41-44-47-50-54-58-62-66-70-74-78-89-83(88)77-73-69-65-61-57-53-18-16-14-12-10-8-6-4-2/h71,75,80-81,85-86H,3-70,72-74,76-79H2,1-2H3,(H,84,87)/b75-71+. The van der Waals surface area contributed by atoms with Gasteiger partial charge in [-0.2, -0.15) is 0 Å². The molecule has 530 valence electrons. The zero-order valence-electron chi connectivity index (χ0n) is 61.0. The summed E-state index contributed by atoms with van der Waals surface area (Å²) >= 11 is 0. The summed E-state index contributed by atoms with van der Waals surface area (Å²) in [6.45, 7) is 4.97. The van der Waals surface area contributed by atoms with Crippen molar-refractivity contribution in [1.82, 2.24) is 5.32 Å². The van der Waals surface area contributed by atoms with Crippen molar-refractivity contribution in [3.05, 3.63) is 12.2 Å². The van der Waals surface area contributed by atoms with E-state index >= 15 is 0 Å². The first-order valence-corrected chi connectivity index (χ1v) is 41.5. The minimum atomic E-state index is -0.842. The summed E-state index contributed by atoms with van der Waals surface area (Å²) in [5.41, 5.74) is 0. The fourth-order valence-corrected chi connectivity index (χ4v) is 13.5. The molecule has 2 unspecified atom stereocenters. The highest BCUT2D eigenvalue weighted by Gasteiger charge is 2.18. The molecule has 0 fully saturated rings. The smallest absolute Gasteiger partial charge is 0.305 e. The molecule has 0 saturated heterocycles. The van der Waals surface area contributed by atoms with E-state index in [2.05, 4.69) is 19.2 Å². The number of rotatable bonds is 79. The molecule has 3 N–H and O–H groups in total. The second-order valence-electron chi connectivity index (χ2n) is 28.8. The number of esters is 1. The van der Waals surface area contributed by atoms with Gasteiger partial charge in [0.25, 0.3) is 0 Å². The van der Waals surface area contributed by atoms with E-state index in [0.717, 1.165) is 38.5 Å². The van der Waals surface area contributed by atoms with Gasteiger partial charge >= 0.3 is 5.97 Å². The Kier molecular flexibility index (Phi) is 77.8. The molecule has 2 atom stereocenters. The maximum atomic E-state index is 12.6. The number of unbranched alkanes of at least 4 members (excludes halogenated alkanes) is 68. The molecular weight excluding hydrogens is 1090 g/mol. The number of aliphatic hydroxyl groups is 2. The summed E-state index contributed by atoms with van der Waals surface area (Å²) in [5.74, 6) is -0.0319. The molecule has 89 heavy (non-hydrogen) atoms. The second kappa shape index (κ2) is 79.0. The summed E-state index contributed by atoms with van der Waals surface area (Å²) in [7, 11) is 0. The van der Waals surface area contributed by atoms with Crippen LogP contribution in [0.15, 0.2) is 12.2 Å². The number of carbonyl (C=O) groups excluding carboxylic acids is 2. The summed E-state index contributed by atoms with van der Waals surface area (Å²) in [6.07, 6.45) is 101. The summed E-state index contributed by atoms with van der Waals surface area (Å²) in [6, 6.07) is -0.625. The SMILES string of the molecule is CCCCCCCCCCCCCCCCCCCCCCCCC/C=C/C(O)C(CO)NC(=O)CCCCCCCCCCCCCCCCCCCCCCCCCCCCCCCCCCCOC(=O)CCCCCCCCCCCCCCCC. The topological polar surface area (TPSA) is 95.9 Å². The zero-order chi connectivity index (χ0) is 64.2. The lowest BCUT2D eigenvalue weighted by atomic mass is 10.0. The number of allylic oxidation sites excluding steroid dienone is 1. The van der Waals surface area contributed by atoms with Crippen LogP contribution < -0.4 is 5.32 Å². The molecule has 0 aliphatic heterocycles. The number of amides is 1. The third-order valence-corrected chi connectivity index (χ3v) is 19.8. The van der Waals surface area contributed by atoms with Crippen LogP contribution in [0, 0.1) is 0 Å². The minimum Gasteiger partial charge on any atom is -0.466 e. The van der Waals surface area contributed by atoms with Gasteiger partial charge in [-0.3, -0.25) is 9.59 Å². The molecule has 0 aromatic carbocycles. The molecule has 0 heterocycles. The number of carbonyl (C=O) groups is 2. The minimum absolute atomic E-state index is 0.0251. The lowest BCUT2D eigenvalue weighted by Gasteiger charge is -2.20. The van der Waals surface area contributed by atoms with E-state index in [-0.39, 0.29) is 18.5 Å².